The zero-order valence-corrected chi connectivity index (χ0v) is 10.9. The van der Waals surface area contributed by atoms with Crippen molar-refractivity contribution in [3.05, 3.63) is 0 Å². The molecular formula is C13H27NO2. The van der Waals surface area contributed by atoms with Crippen LogP contribution in [0.5, 0.6) is 0 Å². The maximum absolute atomic E-state index is 10.3. The van der Waals surface area contributed by atoms with Crippen LogP contribution in [0.3, 0.4) is 0 Å². The van der Waals surface area contributed by atoms with Gasteiger partial charge in [0.2, 0.25) is 0 Å². The first kappa shape index (κ1) is 13.9. The molecule has 0 heterocycles. The molecule has 0 radical (unpaired) electrons. The lowest BCUT2D eigenvalue weighted by molar-refractivity contribution is -0.0202. The smallest absolute Gasteiger partial charge is 0.0798 e. The number of ether oxygens (including phenoxy) is 1. The molecule has 0 aromatic rings. The van der Waals surface area contributed by atoms with Gasteiger partial charge in [-0.15, -0.1) is 0 Å². The monoisotopic (exact) mass is 229 g/mol. The third-order valence-corrected chi connectivity index (χ3v) is 4.06. The van der Waals surface area contributed by atoms with Gasteiger partial charge in [0.05, 0.1) is 11.7 Å². The minimum Gasteiger partial charge on any atom is -0.388 e. The van der Waals surface area contributed by atoms with Crippen molar-refractivity contribution < 1.29 is 9.84 Å². The fourth-order valence-corrected chi connectivity index (χ4v) is 2.40. The fraction of sp³-hybridized carbons (Fsp3) is 1.00. The van der Waals surface area contributed by atoms with E-state index in [1.54, 1.807) is 0 Å². The number of aliphatic hydroxyl groups is 1. The highest BCUT2D eigenvalue weighted by atomic mass is 16.5. The van der Waals surface area contributed by atoms with E-state index in [0.29, 0.717) is 24.5 Å². The lowest BCUT2D eigenvalue weighted by Gasteiger charge is -2.29. The Balaban J connectivity index is 2.27. The molecule has 1 aliphatic carbocycles. The van der Waals surface area contributed by atoms with Gasteiger partial charge in [0.1, 0.15) is 0 Å². The van der Waals surface area contributed by atoms with Crippen molar-refractivity contribution in [1.82, 2.24) is 0 Å². The highest BCUT2D eigenvalue weighted by molar-refractivity contribution is 4.92. The molecule has 1 fully saturated rings. The molecule has 0 aliphatic heterocycles. The van der Waals surface area contributed by atoms with E-state index in [9.17, 15) is 5.11 Å². The molecule has 1 saturated carbocycles. The van der Waals surface area contributed by atoms with Crippen molar-refractivity contribution in [1.29, 1.82) is 0 Å². The van der Waals surface area contributed by atoms with Gasteiger partial charge < -0.3 is 15.6 Å². The quantitative estimate of drug-likeness (QED) is 0.731. The summed E-state index contributed by atoms with van der Waals surface area (Å²) in [6.07, 6.45) is 4.27. The minimum absolute atomic E-state index is 0.298. The highest BCUT2D eigenvalue weighted by Gasteiger charge is 2.39. The summed E-state index contributed by atoms with van der Waals surface area (Å²) in [4.78, 5) is 0. The lowest BCUT2D eigenvalue weighted by Crippen LogP contribution is -2.41. The van der Waals surface area contributed by atoms with Gasteiger partial charge >= 0.3 is 0 Å². The van der Waals surface area contributed by atoms with Gasteiger partial charge in [-0.25, -0.2) is 0 Å². The third kappa shape index (κ3) is 3.44. The van der Waals surface area contributed by atoms with Crippen LogP contribution in [0.15, 0.2) is 0 Å². The molecule has 96 valence electrons. The summed E-state index contributed by atoms with van der Waals surface area (Å²) in [7, 11) is 0. The normalized spacial score (nSPS) is 32.2. The van der Waals surface area contributed by atoms with Crippen LogP contribution in [-0.2, 0) is 4.74 Å². The molecule has 0 amide bonds. The minimum atomic E-state index is -0.621. The summed E-state index contributed by atoms with van der Waals surface area (Å²) in [6.45, 7) is 7.56. The van der Waals surface area contributed by atoms with E-state index in [-0.39, 0.29) is 0 Å². The highest BCUT2D eigenvalue weighted by Crippen LogP contribution is 2.37. The molecule has 16 heavy (non-hydrogen) atoms. The van der Waals surface area contributed by atoms with Gasteiger partial charge in [-0.1, -0.05) is 20.3 Å². The molecule has 3 unspecified atom stereocenters. The average Bonchev–Trinajstić information content (AvgIpc) is 2.61. The first-order valence-electron chi connectivity index (χ1n) is 6.53. The lowest BCUT2D eigenvalue weighted by atomic mass is 9.88. The molecule has 0 bridgehead atoms. The van der Waals surface area contributed by atoms with E-state index >= 15 is 0 Å². The summed E-state index contributed by atoms with van der Waals surface area (Å²) in [5, 5.41) is 10.3. The molecule has 0 aromatic carbocycles. The summed E-state index contributed by atoms with van der Waals surface area (Å²) >= 11 is 0. The van der Waals surface area contributed by atoms with Gasteiger partial charge in [-0.05, 0) is 38.0 Å². The van der Waals surface area contributed by atoms with Crippen LogP contribution in [0.25, 0.3) is 0 Å². The molecule has 1 aliphatic rings. The second-order valence-corrected chi connectivity index (χ2v) is 5.51. The summed E-state index contributed by atoms with van der Waals surface area (Å²) < 4.78 is 5.75. The van der Waals surface area contributed by atoms with E-state index in [0.717, 1.165) is 32.3 Å². The van der Waals surface area contributed by atoms with E-state index < -0.39 is 5.60 Å². The average molecular weight is 229 g/mol. The number of hydrogen-bond donors (Lipinski definition) is 2. The number of rotatable bonds is 6. The van der Waals surface area contributed by atoms with E-state index in [1.165, 1.54) is 0 Å². The predicted octanol–water partition coefficient (Wildman–Crippen LogP) is 1.93. The van der Waals surface area contributed by atoms with Crippen LogP contribution in [-0.4, -0.2) is 30.0 Å². The van der Waals surface area contributed by atoms with Crippen molar-refractivity contribution in [3.8, 4) is 0 Å². The molecule has 0 spiro atoms. The van der Waals surface area contributed by atoms with Gasteiger partial charge in [-0.2, -0.15) is 0 Å². The maximum Gasteiger partial charge on any atom is 0.0798 e. The van der Waals surface area contributed by atoms with Crippen LogP contribution in [0.2, 0.25) is 0 Å². The molecule has 3 nitrogen and oxygen atoms in total. The zero-order chi connectivity index (χ0) is 12.2. The van der Waals surface area contributed by atoms with Crippen molar-refractivity contribution >= 4 is 0 Å². The second-order valence-electron chi connectivity index (χ2n) is 5.51. The largest absolute Gasteiger partial charge is 0.388 e. The van der Waals surface area contributed by atoms with E-state index in [1.807, 2.05) is 0 Å². The third-order valence-electron chi connectivity index (χ3n) is 4.06. The van der Waals surface area contributed by atoms with Crippen molar-refractivity contribution in [2.45, 2.75) is 58.2 Å². The molecule has 1 rings (SSSR count). The van der Waals surface area contributed by atoms with Crippen LogP contribution >= 0.6 is 0 Å². The Morgan fingerprint density at radius 2 is 2.12 bits per heavy atom. The van der Waals surface area contributed by atoms with Crippen LogP contribution in [0.4, 0.5) is 0 Å². The van der Waals surface area contributed by atoms with Crippen molar-refractivity contribution in [2.24, 2.45) is 17.6 Å². The molecule has 3 N–H and O–H groups in total. The Kier molecular flexibility index (Phi) is 5.22. The topological polar surface area (TPSA) is 55.5 Å². The summed E-state index contributed by atoms with van der Waals surface area (Å²) in [5.74, 6) is 0.883. The van der Waals surface area contributed by atoms with Gasteiger partial charge in [0.25, 0.3) is 0 Å². The second kappa shape index (κ2) is 5.99. The summed E-state index contributed by atoms with van der Waals surface area (Å²) in [6, 6.07) is 0. The Bertz CT molecular complexity index is 208. The van der Waals surface area contributed by atoms with E-state index in [4.69, 9.17) is 10.5 Å². The number of nitrogens with two attached hydrogens (primary N) is 1. The standard InChI is InChI=1S/C13H27NO2/c1-10(2)11(3)16-8-6-12-5-4-7-13(12,15)9-14/h10-12,15H,4-9,14H2,1-3H3. The first-order chi connectivity index (χ1) is 7.49. The van der Waals surface area contributed by atoms with Gasteiger partial charge in [0.15, 0.2) is 0 Å². The van der Waals surface area contributed by atoms with Crippen molar-refractivity contribution in [3.63, 3.8) is 0 Å². The van der Waals surface area contributed by atoms with Gasteiger partial charge in [0, 0.05) is 13.2 Å². The Hall–Kier alpha value is -0.120. The predicted molar refractivity (Wildman–Crippen MR) is 66.2 cm³/mol. The molecule has 0 saturated heterocycles. The SMILES string of the molecule is CC(C)C(C)OCCC1CCCC1(O)CN. The Morgan fingerprint density at radius 1 is 1.44 bits per heavy atom. The Labute approximate surface area is 99.4 Å². The van der Waals surface area contributed by atoms with E-state index in [2.05, 4.69) is 20.8 Å². The zero-order valence-electron chi connectivity index (χ0n) is 10.9. The van der Waals surface area contributed by atoms with Crippen LogP contribution in [0.1, 0.15) is 46.5 Å². The first-order valence-corrected chi connectivity index (χ1v) is 6.53. The Morgan fingerprint density at radius 3 is 2.69 bits per heavy atom. The molecule has 3 heteroatoms. The van der Waals surface area contributed by atoms with Gasteiger partial charge in [-0.3, -0.25) is 0 Å². The fourth-order valence-electron chi connectivity index (χ4n) is 2.40. The summed E-state index contributed by atoms with van der Waals surface area (Å²) in [5.41, 5.74) is 5.03. The molecule has 3 atom stereocenters. The maximum atomic E-state index is 10.3. The van der Waals surface area contributed by atoms with Crippen LogP contribution < -0.4 is 5.73 Å². The molecule has 0 aromatic heterocycles. The number of hydrogen-bond acceptors (Lipinski definition) is 3. The molecular weight excluding hydrogens is 202 g/mol. The van der Waals surface area contributed by atoms with Crippen molar-refractivity contribution in [2.75, 3.05) is 13.2 Å². The van der Waals surface area contributed by atoms with Crippen LogP contribution in [0, 0.1) is 11.8 Å².